The largest absolute Gasteiger partial charge is 0.376 e. The van der Waals surface area contributed by atoms with Gasteiger partial charge in [-0.1, -0.05) is 6.07 Å². The highest BCUT2D eigenvalue weighted by molar-refractivity contribution is 9.10. The quantitative estimate of drug-likeness (QED) is 0.900. The highest BCUT2D eigenvalue weighted by Gasteiger charge is 2.08. The number of aromatic amines is 1. The molecule has 0 aliphatic heterocycles. The van der Waals surface area contributed by atoms with E-state index in [1.165, 1.54) is 5.56 Å². The Kier molecular flexibility index (Phi) is 3.29. The molecule has 0 aliphatic carbocycles. The molecule has 0 saturated heterocycles. The standard InChI is InChI=1S/C12H14BrN3/c1-8-3-4-10(13)12(7-8)15-9(2)11-5-6-14-16-11/h3-7,9,15H,1-2H3,(H,14,16). The maximum Gasteiger partial charge on any atom is 0.0651 e. The fourth-order valence-corrected chi connectivity index (χ4v) is 1.93. The van der Waals surface area contributed by atoms with Crippen LogP contribution < -0.4 is 5.32 Å². The Morgan fingerprint density at radius 3 is 2.88 bits per heavy atom. The molecule has 0 bridgehead atoms. The summed E-state index contributed by atoms with van der Waals surface area (Å²) in [6.45, 7) is 4.18. The second-order valence-corrected chi connectivity index (χ2v) is 4.72. The van der Waals surface area contributed by atoms with Crippen molar-refractivity contribution in [2.24, 2.45) is 0 Å². The first-order valence-corrected chi connectivity index (χ1v) is 5.98. The predicted molar refractivity (Wildman–Crippen MR) is 69.5 cm³/mol. The van der Waals surface area contributed by atoms with Gasteiger partial charge in [-0.05, 0) is 53.5 Å². The first kappa shape index (κ1) is 11.2. The monoisotopic (exact) mass is 279 g/mol. The Morgan fingerprint density at radius 2 is 2.19 bits per heavy atom. The Bertz CT molecular complexity index is 465. The van der Waals surface area contributed by atoms with Crippen molar-refractivity contribution in [1.82, 2.24) is 10.2 Å². The van der Waals surface area contributed by atoms with Crippen molar-refractivity contribution in [3.8, 4) is 0 Å². The summed E-state index contributed by atoms with van der Waals surface area (Å²) < 4.78 is 1.07. The van der Waals surface area contributed by atoms with E-state index in [4.69, 9.17) is 0 Å². The number of aryl methyl sites for hydroxylation is 1. The number of halogens is 1. The molecule has 0 aliphatic rings. The van der Waals surface area contributed by atoms with Crippen LogP contribution in [-0.2, 0) is 0 Å². The van der Waals surface area contributed by atoms with Gasteiger partial charge in [0.15, 0.2) is 0 Å². The number of benzene rings is 1. The van der Waals surface area contributed by atoms with Crippen LogP contribution in [0.15, 0.2) is 34.9 Å². The van der Waals surface area contributed by atoms with E-state index in [9.17, 15) is 0 Å². The van der Waals surface area contributed by atoms with Gasteiger partial charge >= 0.3 is 0 Å². The van der Waals surface area contributed by atoms with Gasteiger partial charge in [0.1, 0.15) is 0 Å². The number of nitrogens with one attached hydrogen (secondary N) is 2. The van der Waals surface area contributed by atoms with Crippen molar-refractivity contribution in [1.29, 1.82) is 0 Å². The fourth-order valence-electron chi connectivity index (χ4n) is 1.57. The zero-order valence-corrected chi connectivity index (χ0v) is 10.9. The van der Waals surface area contributed by atoms with Crippen molar-refractivity contribution < 1.29 is 0 Å². The van der Waals surface area contributed by atoms with Crippen LogP contribution in [0.5, 0.6) is 0 Å². The van der Waals surface area contributed by atoms with E-state index >= 15 is 0 Å². The molecule has 1 heterocycles. The molecule has 16 heavy (non-hydrogen) atoms. The molecule has 0 saturated carbocycles. The molecular weight excluding hydrogens is 266 g/mol. The number of aromatic nitrogens is 2. The average Bonchev–Trinajstić information content (AvgIpc) is 2.76. The Morgan fingerprint density at radius 1 is 1.38 bits per heavy atom. The van der Waals surface area contributed by atoms with E-state index in [0.29, 0.717) is 0 Å². The maximum absolute atomic E-state index is 3.95. The lowest BCUT2D eigenvalue weighted by Gasteiger charge is -2.15. The molecule has 0 amide bonds. The van der Waals surface area contributed by atoms with Gasteiger partial charge in [-0.2, -0.15) is 5.10 Å². The Labute approximate surface area is 103 Å². The molecule has 4 heteroatoms. The third-order valence-corrected chi connectivity index (χ3v) is 3.17. The van der Waals surface area contributed by atoms with Gasteiger partial charge in [-0.15, -0.1) is 0 Å². The Balaban J connectivity index is 2.17. The van der Waals surface area contributed by atoms with Crippen LogP contribution in [0.2, 0.25) is 0 Å². The van der Waals surface area contributed by atoms with Crippen molar-refractivity contribution in [3.63, 3.8) is 0 Å². The lowest BCUT2D eigenvalue weighted by atomic mass is 10.2. The summed E-state index contributed by atoms with van der Waals surface area (Å²) in [6, 6.07) is 8.44. The van der Waals surface area contributed by atoms with Gasteiger partial charge in [-0.25, -0.2) is 0 Å². The third-order valence-electron chi connectivity index (χ3n) is 2.48. The van der Waals surface area contributed by atoms with Crippen molar-refractivity contribution >= 4 is 21.6 Å². The molecule has 0 radical (unpaired) electrons. The van der Waals surface area contributed by atoms with Crippen LogP contribution >= 0.6 is 15.9 Å². The first-order chi connectivity index (χ1) is 7.66. The number of rotatable bonds is 3. The van der Waals surface area contributed by atoms with Crippen molar-refractivity contribution in [3.05, 3.63) is 46.2 Å². The molecule has 1 aromatic heterocycles. The molecule has 1 atom stereocenters. The number of hydrogen-bond donors (Lipinski definition) is 2. The molecule has 1 unspecified atom stereocenters. The normalized spacial score (nSPS) is 12.4. The van der Waals surface area contributed by atoms with Gasteiger partial charge in [0.25, 0.3) is 0 Å². The van der Waals surface area contributed by atoms with E-state index in [1.807, 2.05) is 6.07 Å². The summed E-state index contributed by atoms with van der Waals surface area (Å²) in [6.07, 6.45) is 1.76. The average molecular weight is 280 g/mol. The third kappa shape index (κ3) is 2.44. The summed E-state index contributed by atoms with van der Waals surface area (Å²) in [5.74, 6) is 0. The van der Waals surface area contributed by atoms with E-state index in [-0.39, 0.29) is 6.04 Å². The summed E-state index contributed by atoms with van der Waals surface area (Å²) in [7, 11) is 0. The summed E-state index contributed by atoms with van der Waals surface area (Å²) in [4.78, 5) is 0. The highest BCUT2D eigenvalue weighted by atomic mass is 79.9. The van der Waals surface area contributed by atoms with Gasteiger partial charge in [0.2, 0.25) is 0 Å². The SMILES string of the molecule is Cc1ccc(Br)c(NC(C)c2ccn[nH]2)c1. The predicted octanol–water partition coefficient (Wildman–Crippen LogP) is 3.65. The summed E-state index contributed by atoms with van der Waals surface area (Å²) >= 11 is 3.53. The van der Waals surface area contributed by atoms with Crippen LogP contribution in [0.25, 0.3) is 0 Å². The van der Waals surface area contributed by atoms with Gasteiger partial charge in [-0.3, -0.25) is 5.10 Å². The minimum atomic E-state index is 0.209. The maximum atomic E-state index is 3.95. The molecule has 1 aromatic carbocycles. The number of H-pyrrole nitrogens is 1. The topological polar surface area (TPSA) is 40.7 Å². The second kappa shape index (κ2) is 4.70. The lowest BCUT2D eigenvalue weighted by molar-refractivity contribution is 0.824. The van der Waals surface area contributed by atoms with Crippen molar-refractivity contribution in [2.75, 3.05) is 5.32 Å². The minimum absolute atomic E-state index is 0.209. The Hall–Kier alpha value is -1.29. The first-order valence-electron chi connectivity index (χ1n) is 5.19. The van der Waals surface area contributed by atoms with Crippen LogP contribution in [0.3, 0.4) is 0 Å². The number of nitrogens with zero attached hydrogens (tertiary/aromatic N) is 1. The second-order valence-electron chi connectivity index (χ2n) is 3.86. The minimum Gasteiger partial charge on any atom is -0.376 e. The number of anilines is 1. The number of hydrogen-bond acceptors (Lipinski definition) is 2. The zero-order valence-electron chi connectivity index (χ0n) is 9.29. The van der Waals surface area contributed by atoms with E-state index in [0.717, 1.165) is 15.9 Å². The van der Waals surface area contributed by atoms with E-state index in [2.05, 4.69) is 63.5 Å². The van der Waals surface area contributed by atoms with Crippen LogP contribution in [0.1, 0.15) is 24.2 Å². The van der Waals surface area contributed by atoms with Gasteiger partial charge in [0.05, 0.1) is 11.7 Å². The molecule has 2 aromatic rings. The molecule has 0 spiro atoms. The fraction of sp³-hybridized carbons (Fsp3) is 0.250. The molecule has 3 nitrogen and oxygen atoms in total. The zero-order chi connectivity index (χ0) is 11.5. The van der Waals surface area contributed by atoms with E-state index < -0.39 is 0 Å². The summed E-state index contributed by atoms with van der Waals surface area (Å²) in [5, 5.41) is 10.3. The molecule has 84 valence electrons. The molecule has 2 rings (SSSR count). The van der Waals surface area contributed by atoms with Gasteiger partial charge in [0, 0.05) is 16.4 Å². The highest BCUT2D eigenvalue weighted by Crippen LogP contribution is 2.26. The lowest BCUT2D eigenvalue weighted by Crippen LogP contribution is -2.07. The summed E-state index contributed by atoms with van der Waals surface area (Å²) in [5.41, 5.74) is 3.41. The molecule has 2 N–H and O–H groups in total. The van der Waals surface area contributed by atoms with Crippen LogP contribution in [-0.4, -0.2) is 10.2 Å². The van der Waals surface area contributed by atoms with Gasteiger partial charge < -0.3 is 5.32 Å². The van der Waals surface area contributed by atoms with E-state index in [1.54, 1.807) is 6.20 Å². The van der Waals surface area contributed by atoms with Crippen LogP contribution in [0, 0.1) is 6.92 Å². The molecular formula is C12H14BrN3. The van der Waals surface area contributed by atoms with Crippen molar-refractivity contribution in [2.45, 2.75) is 19.9 Å². The smallest absolute Gasteiger partial charge is 0.0651 e. The molecule has 0 fully saturated rings. The van der Waals surface area contributed by atoms with Crippen LogP contribution in [0.4, 0.5) is 5.69 Å².